The molecule has 0 radical (unpaired) electrons. The lowest BCUT2D eigenvalue weighted by Crippen LogP contribution is -2.59. The van der Waals surface area contributed by atoms with E-state index in [0.717, 1.165) is 0 Å². The Morgan fingerprint density at radius 3 is 2.00 bits per heavy atom. The smallest absolute Gasteiger partial charge is 0.328 e. The van der Waals surface area contributed by atoms with Gasteiger partial charge in [-0.05, 0) is 25.2 Å². The van der Waals surface area contributed by atoms with Crippen molar-refractivity contribution in [1.82, 2.24) is 16.0 Å². The Kier molecular flexibility index (Phi) is 14.6. The zero-order valence-electron chi connectivity index (χ0n) is 19.9. The molecule has 0 fully saturated rings. The number of rotatable bonds is 17. The molecule has 5 atom stereocenters. The molecule has 0 heterocycles. The summed E-state index contributed by atoms with van der Waals surface area (Å²) in [6.45, 7) is 2.75. The van der Waals surface area contributed by atoms with E-state index in [1.807, 2.05) is 0 Å². The van der Waals surface area contributed by atoms with Crippen molar-refractivity contribution in [3.05, 3.63) is 0 Å². The highest BCUT2D eigenvalue weighted by Gasteiger charge is 2.32. The van der Waals surface area contributed by atoms with Crippen LogP contribution >= 0.6 is 0 Å². The fraction of sp³-hybridized carbons (Fsp3) is 0.700. The first-order valence-electron chi connectivity index (χ1n) is 11.1. The third kappa shape index (κ3) is 12.5. The molecule has 0 saturated carbocycles. The standard InChI is InChI=1S/C20H37N7O8/c1-3-10(2)15(18(33)26-13(9-28)19(34)35)27-17(32)12(6-7-14(29)30)25-16(31)11(21)5-4-8-24-20(22)23/h10-13,15,28H,3-9,21H2,1-2H3,(H,25,31)(H,26,33)(H,27,32)(H,29,30)(H,34,35)(H4,22,23,24). The van der Waals surface area contributed by atoms with Gasteiger partial charge >= 0.3 is 11.9 Å². The minimum atomic E-state index is -1.58. The molecule has 0 aromatic heterocycles. The van der Waals surface area contributed by atoms with E-state index < -0.39 is 72.8 Å². The van der Waals surface area contributed by atoms with E-state index in [1.165, 1.54) is 0 Å². The molecule has 15 heteroatoms. The number of carboxylic acid groups (broad SMARTS) is 2. The summed E-state index contributed by atoms with van der Waals surface area (Å²) in [5.41, 5.74) is 16.3. The first kappa shape index (κ1) is 31.5. The summed E-state index contributed by atoms with van der Waals surface area (Å²) in [4.78, 5) is 64.0. The fourth-order valence-corrected chi connectivity index (χ4v) is 2.87. The lowest BCUT2D eigenvalue weighted by atomic mass is 9.97. The Hall–Kier alpha value is -3.46. The van der Waals surface area contributed by atoms with Crippen LogP contribution in [-0.2, 0) is 24.0 Å². The molecule has 12 N–H and O–H groups in total. The number of aliphatic imine (C=N–C) groups is 1. The van der Waals surface area contributed by atoms with E-state index in [9.17, 15) is 24.0 Å². The lowest BCUT2D eigenvalue weighted by molar-refractivity contribution is -0.143. The van der Waals surface area contributed by atoms with E-state index in [4.69, 9.17) is 32.5 Å². The second-order valence-electron chi connectivity index (χ2n) is 8.00. The maximum absolute atomic E-state index is 12.9. The molecule has 0 rings (SSSR count). The van der Waals surface area contributed by atoms with Gasteiger partial charge < -0.3 is 48.5 Å². The molecule has 0 spiro atoms. The molecular weight excluding hydrogens is 466 g/mol. The molecular formula is C20H37N7O8. The number of carbonyl (C=O) groups excluding carboxylic acids is 3. The SMILES string of the molecule is CCC(C)C(NC(=O)C(CCC(=O)O)NC(=O)C(N)CCCN=C(N)N)C(=O)NC(CO)C(=O)O. The lowest BCUT2D eigenvalue weighted by Gasteiger charge is -2.27. The first-order valence-corrected chi connectivity index (χ1v) is 11.1. The Morgan fingerprint density at radius 2 is 1.51 bits per heavy atom. The van der Waals surface area contributed by atoms with Gasteiger partial charge in [0.25, 0.3) is 0 Å². The second kappa shape index (κ2) is 16.2. The van der Waals surface area contributed by atoms with E-state index in [1.54, 1.807) is 13.8 Å². The number of nitrogens with one attached hydrogen (secondary N) is 3. The molecule has 0 aromatic rings. The van der Waals surface area contributed by atoms with Gasteiger partial charge in [0.05, 0.1) is 12.6 Å². The van der Waals surface area contributed by atoms with Crippen molar-refractivity contribution in [2.24, 2.45) is 28.1 Å². The first-order chi connectivity index (χ1) is 16.3. The molecule has 0 aliphatic carbocycles. The van der Waals surface area contributed by atoms with Crippen molar-refractivity contribution in [1.29, 1.82) is 0 Å². The van der Waals surface area contributed by atoms with Crippen LogP contribution in [0.5, 0.6) is 0 Å². The highest BCUT2D eigenvalue weighted by Crippen LogP contribution is 2.10. The van der Waals surface area contributed by atoms with E-state index in [0.29, 0.717) is 12.8 Å². The molecule has 0 aliphatic rings. The number of guanidine groups is 1. The molecule has 15 nitrogen and oxygen atoms in total. The number of aliphatic hydroxyl groups is 1. The minimum absolute atomic E-state index is 0.109. The monoisotopic (exact) mass is 503 g/mol. The van der Waals surface area contributed by atoms with Gasteiger partial charge in [-0.15, -0.1) is 0 Å². The van der Waals surface area contributed by atoms with Crippen molar-refractivity contribution in [2.45, 2.75) is 70.1 Å². The maximum atomic E-state index is 12.9. The molecule has 35 heavy (non-hydrogen) atoms. The van der Waals surface area contributed by atoms with Crippen LogP contribution < -0.4 is 33.2 Å². The summed E-state index contributed by atoms with van der Waals surface area (Å²) < 4.78 is 0. The van der Waals surface area contributed by atoms with E-state index in [-0.39, 0.29) is 25.3 Å². The molecule has 0 aliphatic heterocycles. The second-order valence-corrected chi connectivity index (χ2v) is 8.00. The molecule has 3 amide bonds. The zero-order valence-corrected chi connectivity index (χ0v) is 19.9. The van der Waals surface area contributed by atoms with Crippen LogP contribution in [0, 0.1) is 5.92 Å². The van der Waals surface area contributed by atoms with Gasteiger partial charge in [0.2, 0.25) is 17.7 Å². The number of hydrogen-bond acceptors (Lipinski definition) is 8. The highest BCUT2D eigenvalue weighted by molar-refractivity contribution is 5.94. The van der Waals surface area contributed by atoms with Crippen molar-refractivity contribution < 1.29 is 39.3 Å². The minimum Gasteiger partial charge on any atom is -0.481 e. The van der Waals surface area contributed by atoms with E-state index >= 15 is 0 Å². The third-order valence-electron chi connectivity index (χ3n) is 5.17. The summed E-state index contributed by atoms with van der Waals surface area (Å²) >= 11 is 0. The fourth-order valence-electron chi connectivity index (χ4n) is 2.87. The summed E-state index contributed by atoms with van der Waals surface area (Å²) in [6, 6.07) is -5.14. The number of nitrogens with zero attached hydrogens (tertiary/aromatic N) is 1. The number of carboxylic acids is 2. The number of amides is 3. The van der Waals surface area contributed by atoms with Crippen molar-refractivity contribution in [3.63, 3.8) is 0 Å². The van der Waals surface area contributed by atoms with Crippen LogP contribution in [0.3, 0.4) is 0 Å². The van der Waals surface area contributed by atoms with Gasteiger partial charge in [0, 0.05) is 13.0 Å². The summed E-state index contributed by atoms with van der Waals surface area (Å²) in [6.07, 6.45) is 0.249. The van der Waals surface area contributed by atoms with E-state index in [2.05, 4.69) is 20.9 Å². The van der Waals surface area contributed by atoms with Gasteiger partial charge in [-0.3, -0.25) is 24.2 Å². The Morgan fingerprint density at radius 1 is 0.914 bits per heavy atom. The van der Waals surface area contributed by atoms with Crippen LogP contribution in [0.2, 0.25) is 0 Å². The van der Waals surface area contributed by atoms with Crippen LogP contribution in [0.25, 0.3) is 0 Å². The summed E-state index contributed by atoms with van der Waals surface area (Å²) in [5, 5.41) is 34.2. The predicted octanol–water partition coefficient (Wildman–Crippen LogP) is -3.19. The van der Waals surface area contributed by atoms with Gasteiger partial charge in [-0.2, -0.15) is 0 Å². The number of hydrogen-bond donors (Lipinski definition) is 9. The normalized spacial score (nSPS) is 15.0. The van der Waals surface area contributed by atoms with Crippen molar-refractivity contribution in [3.8, 4) is 0 Å². The predicted molar refractivity (Wildman–Crippen MR) is 125 cm³/mol. The van der Waals surface area contributed by atoms with Gasteiger partial charge in [0.1, 0.15) is 18.1 Å². The van der Waals surface area contributed by atoms with Crippen molar-refractivity contribution in [2.75, 3.05) is 13.2 Å². The van der Waals surface area contributed by atoms with Crippen molar-refractivity contribution >= 4 is 35.6 Å². The Labute approximate surface area is 202 Å². The molecule has 200 valence electrons. The Balaban J connectivity index is 5.43. The Bertz CT molecular complexity index is 773. The highest BCUT2D eigenvalue weighted by atomic mass is 16.4. The summed E-state index contributed by atoms with van der Waals surface area (Å²) in [7, 11) is 0. The van der Waals surface area contributed by atoms with Crippen LogP contribution in [0.1, 0.15) is 46.0 Å². The summed E-state index contributed by atoms with van der Waals surface area (Å²) in [5.74, 6) is -5.64. The maximum Gasteiger partial charge on any atom is 0.328 e. The topological polar surface area (TPSA) is 273 Å². The molecule has 5 unspecified atom stereocenters. The van der Waals surface area contributed by atoms with Gasteiger partial charge in [-0.25, -0.2) is 4.79 Å². The van der Waals surface area contributed by atoms with Crippen LogP contribution in [0.15, 0.2) is 4.99 Å². The number of nitrogens with two attached hydrogens (primary N) is 3. The largest absolute Gasteiger partial charge is 0.481 e. The van der Waals surface area contributed by atoms with Gasteiger partial charge in [0.15, 0.2) is 5.96 Å². The molecule has 0 bridgehead atoms. The quantitative estimate of drug-likeness (QED) is 0.0541. The van der Waals surface area contributed by atoms with Gasteiger partial charge in [-0.1, -0.05) is 20.3 Å². The number of aliphatic hydroxyl groups excluding tert-OH is 1. The van der Waals surface area contributed by atoms with Crippen LogP contribution in [-0.4, -0.2) is 88.3 Å². The average Bonchev–Trinajstić information content (AvgIpc) is 2.79. The molecule has 0 aromatic carbocycles. The number of aliphatic carboxylic acids is 2. The third-order valence-corrected chi connectivity index (χ3v) is 5.17. The molecule has 0 saturated heterocycles. The average molecular weight is 504 g/mol. The number of carbonyl (C=O) groups is 5. The zero-order chi connectivity index (χ0) is 27.1. The van der Waals surface area contributed by atoms with Crippen LogP contribution in [0.4, 0.5) is 0 Å².